The number of hydrogen-bond donors (Lipinski definition) is 0. The van der Waals surface area contributed by atoms with Crippen LogP contribution in [0.1, 0.15) is 44.2 Å². The summed E-state index contributed by atoms with van der Waals surface area (Å²) in [6.45, 7) is 9.85. The molecule has 2 fully saturated rings. The van der Waals surface area contributed by atoms with Gasteiger partial charge >= 0.3 is 0 Å². The fourth-order valence-electron chi connectivity index (χ4n) is 7.33. The van der Waals surface area contributed by atoms with Crippen molar-refractivity contribution in [2.45, 2.75) is 52.2 Å². The Balaban J connectivity index is 0.00000357. The predicted molar refractivity (Wildman–Crippen MR) is 185 cm³/mol. The first-order valence-corrected chi connectivity index (χ1v) is 16.4. The number of benzene rings is 2. The lowest BCUT2D eigenvalue weighted by Crippen LogP contribution is -2.46. The highest BCUT2D eigenvalue weighted by molar-refractivity contribution is 5.89. The van der Waals surface area contributed by atoms with E-state index in [0.717, 1.165) is 75.8 Å². The van der Waals surface area contributed by atoms with Crippen LogP contribution in [0.25, 0.3) is 10.9 Å². The summed E-state index contributed by atoms with van der Waals surface area (Å²) in [5.41, 5.74) is 6.26. The Hall–Kier alpha value is -3.65. The van der Waals surface area contributed by atoms with Crippen molar-refractivity contribution in [1.29, 1.82) is 0 Å². The molecule has 45 heavy (non-hydrogen) atoms. The number of fused-ring (bicyclic) bond motifs is 3. The highest BCUT2D eigenvalue weighted by atomic mass is 16.5. The molecule has 1 aromatic heterocycles. The fraction of sp³-hybridized carbons (Fsp3) is 0.447. The third-order valence-corrected chi connectivity index (χ3v) is 9.71. The minimum Gasteiger partial charge on any atom is -0.495 e. The molecular formula is C38H49N5O2. The van der Waals surface area contributed by atoms with Crippen LogP contribution in [-0.2, 0) is 13.1 Å². The number of anilines is 1. The third-order valence-electron chi connectivity index (χ3n) is 9.71. The van der Waals surface area contributed by atoms with Gasteiger partial charge < -0.3 is 14.4 Å². The van der Waals surface area contributed by atoms with Crippen molar-refractivity contribution in [3.8, 4) is 11.5 Å². The predicted octanol–water partition coefficient (Wildman–Crippen LogP) is 6.65. The molecule has 1 aliphatic carbocycles. The van der Waals surface area contributed by atoms with E-state index >= 15 is 0 Å². The first-order chi connectivity index (χ1) is 21.7. The molecule has 7 nitrogen and oxygen atoms in total. The van der Waals surface area contributed by atoms with Gasteiger partial charge in [0, 0.05) is 69.0 Å². The van der Waals surface area contributed by atoms with Crippen molar-refractivity contribution in [2.75, 3.05) is 64.6 Å². The maximum atomic E-state index is 6.53. The van der Waals surface area contributed by atoms with Gasteiger partial charge in [0.15, 0.2) is 5.75 Å². The van der Waals surface area contributed by atoms with Crippen LogP contribution in [0.4, 0.5) is 5.69 Å². The second kappa shape index (κ2) is 14.6. The Labute approximate surface area is 269 Å². The maximum Gasteiger partial charge on any atom is 0.152 e. The standard InChI is InChI=1S/C37H45N5O2.CH4/c1-43-35-15-7-6-14-34(35)41-22-20-40(21-23-41)26-30-24-31-27-42(28-44-37(31)36-33(30)13-8-17-38-36)32-12-9-18-39(19-16-32)25-29-10-4-2-3-5-11-29;/h2,4-8,10-11,13-15,17,24,32H,3,9,12,16,18-23,25-28H2,1H3;1H4. The molecule has 0 bridgehead atoms. The first kappa shape index (κ1) is 31.3. The van der Waals surface area contributed by atoms with Gasteiger partial charge in [-0.15, -0.1) is 0 Å². The number of likely N-dealkylation sites (tertiary alicyclic amines) is 1. The Morgan fingerprint density at radius 2 is 1.80 bits per heavy atom. The molecule has 1 atom stereocenters. The van der Waals surface area contributed by atoms with Crippen LogP contribution in [0.15, 0.2) is 84.6 Å². The van der Waals surface area contributed by atoms with Gasteiger partial charge in [-0.25, -0.2) is 0 Å². The number of hydrogen-bond acceptors (Lipinski definition) is 7. The van der Waals surface area contributed by atoms with Crippen LogP contribution in [0, 0.1) is 0 Å². The zero-order chi connectivity index (χ0) is 29.7. The molecule has 2 saturated heterocycles. The SMILES string of the molecule is C.COc1ccccc1N1CCN(Cc2cc3c(c4ncccc24)OCN(C2CCCN(CC4=CC=CCC=C4)CC2)C3)CC1. The van der Waals surface area contributed by atoms with Crippen LogP contribution < -0.4 is 14.4 Å². The van der Waals surface area contributed by atoms with E-state index in [4.69, 9.17) is 14.5 Å². The summed E-state index contributed by atoms with van der Waals surface area (Å²) in [6.07, 6.45) is 17.8. The minimum absolute atomic E-state index is 0. The molecule has 238 valence electrons. The topological polar surface area (TPSA) is 44.3 Å². The van der Waals surface area contributed by atoms with Gasteiger partial charge in [-0.05, 0) is 74.2 Å². The fourth-order valence-corrected chi connectivity index (χ4v) is 7.33. The summed E-state index contributed by atoms with van der Waals surface area (Å²) in [7, 11) is 1.76. The molecule has 4 heterocycles. The van der Waals surface area contributed by atoms with E-state index in [1.165, 1.54) is 53.6 Å². The molecule has 7 heteroatoms. The summed E-state index contributed by atoms with van der Waals surface area (Å²) in [4.78, 5) is 15.1. The summed E-state index contributed by atoms with van der Waals surface area (Å²) >= 11 is 0. The van der Waals surface area contributed by atoms with E-state index in [1.807, 2.05) is 12.3 Å². The average molecular weight is 608 g/mol. The van der Waals surface area contributed by atoms with Crippen LogP contribution in [0.5, 0.6) is 11.5 Å². The highest BCUT2D eigenvalue weighted by Gasteiger charge is 2.29. The molecule has 3 aromatic rings. The van der Waals surface area contributed by atoms with Crippen molar-refractivity contribution in [2.24, 2.45) is 0 Å². The summed E-state index contributed by atoms with van der Waals surface area (Å²) in [5, 5.41) is 1.22. The van der Waals surface area contributed by atoms with E-state index < -0.39 is 0 Å². The molecule has 3 aliphatic heterocycles. The van der Waals surface area contributed by atoms with Crippen molar-refractivity contribution >= 4 is 16.6 Å². The number of para-hydroxylation sites is 2. The number of methoxy groups -OCH3 is 1. The van der Waals surface area contributed by atoms with Gasteiger partial charge in [0.1, 0.15) is 18.0 Å². The zero-order valence-electron chi connectivity index (χ0n) is 26.0. The lowest BCUT2D eigenvalue weighted by atomic mass is 9.99. The van der Waals surface area contributed by atoms with Gasteiger partial charge in [0.25, 0.3) is 0 Å². The molecule has 0 N–H and O–H groups in total. The van der Waals surface area contributed by atoms with E-state index in [0.29, 0.717) is 12.8 Å². The Bertz CT molecular complexity index is 1540. The lowest BCUT2D eigenvalue weighted by Gasteiger charge is -2.37. The number of piperazine rings is 1. The number of aromatic nitrogens is 1. The van der Waals surface area contributed by atoms with E-state index in [2.05, 4.69) is 86.4 Å². The van der Waals surface area contributed by atoms with Gasteiger partial charge in [0.05, 0.1) is 12.8 Å². The Kier molecular flexibility index (Phi) is 10.2. The van der Waals surface area contributed by atoms with E-state index in [1.54, 1.807) is 7.11 Å². The summed E-state index contributed by atoms with van der Waals surface area (Å²) < 4.78 is 12.2. The summed E-state index contributed by atoms with van der Waals surface area (Å²) in [5.74, 6) is 1.93. The number of ether oxygens (including phenoxy) is 2. The smallest absolute Gasteiger partial charge is 0.152 e. The molecule has 2 aromatic carbocycles. The second-order valence-electron chi connectivity index (χ2n) is 12.5. The van der Waals surface area contributed by atoms with Crippen molar-refractivity contribution in [3.63, 3.8) is 0 Å². The van der Waals surface area contributed by atoms with Crippen molar-refractivity contribution < 1.29 is 9.47 Å². The second-order valence-corrected chi connectivity index (χ2v) is 12.5. The molecule has 0 saturated carbocycles. The normalized spacial score (nSPS) is 21.3. The monoisotopic (exact) mass is 607 g/mol. The molecule has 0 spiro atoms. The highest BCUT2D eigenvalue weighted by Crippen LogP contribution is 2.37. The molecule has 4 aliphatic rings. The number of nitrogens with zero attached hydrogens (tertiary/aromatic N) is 5. The maximum absolute atomic E-state index is 6.53. The quantitative estimate of drug-likeness (QED) is 0.298. The van der Waals surface area contributed by atoms with Crippen LogP contribution in [-0.4, -0.2) is 85.4 Å². The number of pyridine rings is 1. The largest absolute Gasteiger partial charge is 0.495 e. The van der Waals surface area contributed by atoms with Crippen molar-refractivity contribution in [1.82, 2.24) is 19.7 Å². The first-order valence-electron chi connectivity index (χ1n) is 16.4. The van der Waals surface area contributed by atoms with Crippen LogP contribution in [0.2, 0.25) is 0 Å². The van der Waals surface area contributed by atoms with Crippen molar-refractivity contribution in [3.05, 3.63) is 95.7 Å². The van der Waals surface area contributed by atoms with Gasteiger partial charge in [-0.2, -0.15) is 0 Å². The van der Waals surface area contributed by atoms with Crippen LogP contribution in [0.3, 0.4) is 0 Å². The zero-order valence-corrected chi connectivity index (χ0v) is 26.0. The third kappa shape index (κ3) is 7.11. The Morgan fingerprint density at radius 3 is 2.69 bits per heavy atom. The molecule has 1 unspecified atom stereocenters. The number of allylic oxidation sites excluding steroid dienone is 4. The molecule has 0 radical (unpaired) electrons. The molecule has 7 rings (SSSR count). The van der Waals surface area contributed by atoms with Crippen LogP contribution >= 0.6 is 0 Å². The molecular weight excluding hydrogens is 558 g/mol. The van der Waals surface area contributed by atoms with E-state index in [9.17, 15) is 0 Å². The molecule has 0 amide bonds. The van der Waals surface area contributed by atoms with Gasteiger partial charge in [0.2, 0.25) is 0 Å². The summed E-state index contributed by atoms with van der Waals surface area (Å²) in [6, 6.07) is 15.6. The minimum atomic E-state index is 0. The number of rotatable bonds is 7. The lowest BCUT2D eigenvalue weighted by molar-refractivity contribution is 0.0505. The van der Waals surface area contributed by atoms with E-state index in [-0.39, 0.29) is 7.43 Å². The van der Waals surface area contributed by atoms with Gasteiger partial charge in [-0.3, -0.25) is 19.7 Å². The van der Waals surface area contributed by atoms with Gasteiger partial charge in [-0.1, -0.05) is 56.0 Å². The Morgan fingerprint density at radius 1 is 0.933 bits per heavy atom. The average Bonchev–Trinajstić information content (AvgIpc) is 3.48.